The average Bonchev–Trinajstić information content (AvgIpc) is 2.39. The zero-order valence-corrected chi connectivity index (χ0v) is 12.9. The van der Waals surface area contributed by atoms with Gasteiger partial charge < -0.3 is 20.9 Å². The number of benzene rings is 1. The molecule has 7 heteroatoms. The van der Waals surface area contributed by atoms with Gasteiger partial charge in [0.25, 0.3) is 0 Å². The number of hydrogen-bond donors (Lipinski definition) is 3. The number of rotatable bonds is 6. The lowest BCUT2D eigenvalue weighted by atomic mass is 10.0. The number of ether oxygens (including phenoxy) is 1. The number of methoxy groups -OCH3 is 1. The van der Waals surface area contributed by atoms with Gasteiger partial charge in [-0.25, -0.2) is 4.79 Å². The van der Waals surface area contributed by atoms with Crippen LogP contribution in [0.25, 0.3) is 0 Å². The van der Waals surface area contributed by atoms with Crippen LogP contribution in [0.1, 0.15) is 30.6 Å². The van der Waals surface area contributed by atoms with E-state index >= 15 is 0 Å². The zero-order chi connectivity index (χ0) is 16.2. The van der Waals surface area contributed by atoms with Crippen molar-refractivity contribution in [3.05, 3.63) is 22.7 Å². The van der Waals surface area contributed by atoms with E-state index in [0.717, 1.165) is 0 Å². The van der Waals surface area contributed by atoms with Crippen molar-refractivity contribution in [3.63, 3.8) is 0 Å². The lowest BCUT2D eigenvalue weighted by molar-refractivity contribution is -0.117. The minimum atomic E-state index is -1.16. The van der Waals surface area contributed by atoms with Gasteiger partial charge in [0.1, 0.15) is 11.3 Å². The molecule has 0 saturated carbocycles. The van der Waals surface area contributed by atoms with Crippen LogP contribution >= 0.6 is 11.6 Å². The van der Waals surface area contributed by atoms with Crippen LogP contribution in [0.5, 0.6) is 5.75 Å². The third-order valence-corrected chi connectivity index (χ3v) is 3.15. The smallest absolute Gasteiger partial charge is 0.339 e. The van der Waals surface area contributed by atoms with Gasteiger partial charge in [-0.2, -0.15) is 0 Å². The highest BCUT2D eigenvalue weighted by Gasteiger charge is 2.19. The van der Waals surface area contributed by atoms with E-state index in [0.29, 0.717) is 6.42 Å². The van der Waals surface area contributed by atoms with Crippen LogP contribution in [-0.2, 0) is 4.79 Å². The Bertz CT molecular complexity index is 546. The summed E-state index contributed by atoms with van der Waals surface area (Å²) in [5, 5.41) is 11.7. The minimum Gasteiger partial charge on any atom is -0.496 e. The van der Waals surface area contributed by atoms with E-state index in [1.54, 1.807) is 0 Å². The van der Waals surface area contributed by atoms with E-state index in [-0.39, 0.29) is 33.8 Å². The van der Waals surface area contributed by atoms with Crippen LogP contribution < -0.4 is 15.8 Å². The van der Waals surface area contributed by atoms with Crippen molar-refractivity contribution in [2.45, 2.75) is 26.3 Å². The van der Waals surface area contributed by atoms with Crippen molar-refractivity contribution in [1.82, 2.24) is 0 Å². The molecule has 0 fully saturated rings. The summed E-state index contributed by atoms with van der Waals surface area (Å²) in [6.07, 6.45) is 0.536. The highest BCUT2D eigenvalue weighted by molar-refractivity contribution is 6.34. The number of anilines is 1. The van der Waals surface area contributed by atoms with E-state index in [9.17, 15) is 9.59 Å². The van der Waals surface area contributed by atoms with Gasteiger partial charge in [-0.15, -0.1) is 0 Å². The molecule has 4 N–H and O–H groups in total. The molecule has 1 unspecified atom stereocenters. The second-order valence-corrected chi connectivity index (χ2v) is 5.47. The van der Waals surface area contributed by atoms with E-state index in [1.807, 2.05) is 13.8 Å². The predicted molar refractivity (Wildman–Crippen MR) is 81.0 cm³/mol. The van der Waals surface area contributed by atoms with Crippen molar-refractivity contribution in [1.29, 1.82) is 0 Å². The molecule has 1 atom stereocenters. The third-order valence-electron chi connectivity index (χ3n) is 2.84. The van der Waals surface area contributed by atoms with E-state index in [4.69, 9.17) is 27.2 Å². The summed E-state index contributed by atoms with van der Waals surface area (Å²) in [7, 11) is 1.34. The highest BCUT2D eigenvalue weighted by atomic mass is 35.5. The van der Waals surface area contributed by atoms with Gasteiger partial charge in [0.15, 0.2) is 0 Å². The lowest BCUT2D eigenvalue weighted by Gasteiger charge is -2.16. The van der Waals surface area contributed by atoms with Crippen molar-refractivity contribution < 1.29 is 19.4 Å². The summed E-state index contributed by atoms with van der Waals surface area (Å²) >= 11 is 5.98. The Hall–Kier alpha value is -1.79. The number of carbonyl (C=O) groups is 2. The molecule has 1 aromatic carbocycles. The van der Waals surface area contributed by atoms with Crippen LogP contribution in [0, 0.1) is 5.92 Å². The molecule has 0 heterocycles. The first-order valence-corrected chi connectivity index (χ1v) is 6.81. The summed E-state index contributed by atoms with van der Waals surface area (Å²) in [5.74, 6) is -1.15. The molecule has 0 bridgehead atoms. The van der Waals surface area contributed by atoms with E-state index in [1.165, 1.54) is 19.2 Å². The summed E-state index contributed by atoms with van der Waals surface area (Å²) in [6, 6.07) is 1.93. The summed E-state index contributed by atoms with van der Waals surface area (Å²) in [4.78, 5) is 23.0. The molecule has 0 saturated heterocycles. The van der Waals surface area contributed by atoms with Crippen LogP contribution in [0.4, 0.5) is 5.69 Å². The summed E-state index contributed by atoms with van der Waals surface area (Å²) in [6.45, 7) is 3.93. The molecule has 21 heavy (non-hydrogen) atoms. The lowest BCUT2D eigenvalue weighted by Crippen LogP contribution is -2.36. The average molecular weight is 315 g/mol. The third kappa shape index (κ3) is 4.61. The molecule has 6 nitrogen and oxygen atoms in total. The first kappa shape index (κ1) is 17.3. The molecule has 0 spiro atoms. The highest BCUT2D eigenvalue weighted by Crippen LogP contribution is 2.31. The van der Waals surface area contributed by atoms with Crippen molar-refractivity contribution in [3.8, 4) is 5.75 Å². The quantitative estimate of drug-likeness (QED) is 0.748. The van der Waals surface area contributed by atoms with Crippen LogP contribution in [0.15, 0.2) is 12.1 Å². The van der Waals surface area contributed by atoms with Gasteiger partial charge in [-0.05, 0) is 18.4 Å². The number of aromatic carboxylic acids is 1. The fraction of sp³-hybridized carbons (Fsp3) is 0.429. The standard InChI is InChI=1S/C14H19ClN2O4/c1-7(2)4-10(16)13(18)17-11-6-12(21-3)8(14(19)20)5-9(11)15/h5-7,10H,4,16H2,1-3H3,(H,17,18)(H,19,20). The van der Waals surface area contributed by atoms with E-state index < -0.39 is 12.0 Å². The molecule has 1 amide bonds. The van der Waals surface area contributed by atoms with Crippen LogP contribution in [-0.4, -0.2) is 30.1 Å². The maximum Gasteiger partial charge on any atom is 0.339 e. The number of carbonyl (C=O) groups excluding carboxylic acids is 1. The Kier molecular flexibility index (Phi) is 5.99. The molecule has 116 valence electrons. The second-order valence-electron chi connectivity index (χ2n) is 5.06. The number of carboxylic acid groups (broad SMARTS) is 1. The number of halogens is 1. The van der Waals surface area contributed by atoms with Gasteiger partial charge in [0.2, 0.25) is 5.91 Å². The Morgan fingerprint density at radius 1 is 1.43 bits per heavy atom. The minimum absolute atomic E-state index is 0.0769. The van der Waals surface area contributed by atoms with Crippen LogP contribution in [0.2, 0.25) is 5.02 Å². The van der Waals surface area contributed by atoms with Gasteiger partial charge in [0.05, 0.1) is 23.9 Å². The Morgan fingerprint density at radius 3 is 2.52 bits per heavy atom. The zero-order valence-electron chi connectivity index (χ0n) is 12.1. The molecule has 0 aliphatic carbocycles. The Labute approximate surface area is 128 Å². The maximum absolute atomic E-state index is 12.0. The maximum atomic E-state index is 12.0. The molecule has 0 aromatic heterocycles. The fourth-order valence-corrected chi connectivity index (χ4v) is 2.04. The second kappa shape index (κ2) is 7.28. The van der Waals surface area contributed by atoms with Crippen molar-refractivity contribution >= 4 is 29.2 Å². The van der Waals surface area contributed by atoms with Crippen LogP contribution in [0.3, 0.4) is 0 Å². The Morgan fingerprint density at radius 2 is 2.05 bits per heavy atom. The van der Waals surface area contributed by atoms with Gasteiger partial charge in [0, 0.05) is 6.07 Å². The Balaban J connectivity index is 2.99. The number of hydrogen-bond acceptors (Lipinski definition) is 4. The van der Waals surface area contributed by atoms with Gasteiger partial charge in [-0.3, -0.25) is 4.79 Å². The number of carboxylic acids is 1. The monoisotopic (exact) mass is 314 g/mol. The van der Waals surface area contributed by atoms with Gasteiger partial charge in [-0.1, -0.05) is 25.4 Å². The summed E-state index contributed by atoms with van der Waals surface area (Å²) in [5.41, 5.74) is 5.97. The number of amides is 1. The molecule has 1 aromatic rings. The number of nitrogens with two attached hydrogens (primary N) is 1. The summed E-state index contributed by atoms with van der Waals surface area (Å²) < 4.78 is 4.99. The topological polar surface area (TPSA) is 102 Å². The predicted octanol–water partition coefficient (Wildman–Crippen LogP) is 2.36. The normalized spacial score (nSPS) is 12.1. The molecular weight excluding hydrogens is 296 g/mol. The molecular formula is C14H19ClN2O4. The SMILES string of the molecule is COc1cc(NC(=O)C(N)CC(C)C)c(Cl)cc1C(=O)O. The molecule has 0 aliphatic rings. The first-order valence-electron chi connectivity index (χ1n) is 6.43. The molecule has 1 rings (SSSR count). The van der Waals surface area contributed by atoms with Gasteiger partial charge >= 0.3 is 5.97 Å². The first-order chi connectivity index (χ1) is 9.76. The molecule has 0 radical (unpaired) electrons. The number of nitrogens with one attached hydrogen (secondary N) is 1. The molecule has 0 aliphatic heterocycles. The van der Waals surface area contributed by atoms with Crippen molar-refractivity contribution in [2.24, 2.45) is 11.7 Å². The van der Waals surface area contributed by atoms with Crippen molar-refractivity contribution in [2.75, 3.05) is 12.4 Å². The van der Waals surface area contributed by atoms with E-state index in [2.05, 4.69) is 5.32 Å². The fourth-order valence-electron chi connectivity index (χ4n) is 1.83. The largest absolute Gasteiger partial charge is 0.496 e.